The zero-order valence-corrected chi connectivity index (χ0v) is 18.8. The Kier molecular flexibility index (Phi) is 7.11. The van der Waals surface area contributed by atoms with Crippen molar-refractivity contribution in [2.75, 3.05) is 32.1 Å². The summed E-state index contributed by atoms with van der Waals surface area (Å²) in [5.41, 5.74) is 0.759. The van der Waals surface area contributed by atoms with Gasteiger partial charge < -0.3 is 4.90 Å². The molecule has 0 saturated heterocycles. The molecule has 0 aliphatic carbocycles. The van der Waals surface area contributed by atoms with Gasteiger partial charge in [-0.05, 0) is 51.2 Å². The van der Waals surface area contributed by atoms with E-state index >= 15 is 0 Å². The molecule has 0 saturated carbocycles. The number of non-ortho nitro benzene ring substituents is 2. The Bertz CT molecular complexity index is 1140. The Labute approximate surface area is 188 Å². The first-order chi connectivity index (χ1) is 15.2. The van der Waals surface area contributed by atoms with Crippen molar-refractivity contribution in [2.24, 2.45) is 0 Å². The van der Waals surface area contributed by atoms with Crippen molar-refractivity contribution in [1.29, 1.82) is 0 Å². The average molecular weight is 458 g/mol. The maximum atomic E-state index is 13.4. The average Bonchev–Trinajstić information content (AvgIpc) is 3.18. The monoisotopic (exact) mass is 457 g/mol. The summed E-state index contributed by atoms with van der Waals surface area (Å²) in [6.45, 7) is 3.08. The molecule has 168 valence electrons. The number of aryl methyl sites for hydroxylation is 1. The number of nitro benzene ring substituents is 2. The Morgan fingerprint density at radius 1 is 1.03 bits per heavy atom. The Balaban J connectivity index is 2.04. The van der Waals surface area contributed by atoms with Crippen LogP contribution in [0.1, 0.15) is 29.3 Å². The van der Waals surface area contributed by atoms with E-state index in [1.54, 1.807) is 0 Å². The summed E-state index contributed by atoms with van der Waals surface area (Å²) in [4.78, 5) is 42.4. The Morgan fingerprint density at radius 3 is 2.25 bits per heavy atom. The number of aromatic nitrogens is 1. The predicted molar refractivity (Wildman–Crippen MR) is 124 cm³/mol. The number of anilines is 1. The van der Waals surface area contributed by atoms with Gasteiger partial charge in [0.15, 0.2) is 5.13 Å². The van der Waals surface area contributed by atoms with Gasteiger partial charge in [-0.2, -0.15) is 0 Å². The Hall–Kier alpha value is -3.44. The first kappa shape index (κ1) is 23.2. The van der Waals surface area contributed by atoms with Gasteiger partial charge in [0.25, 0.3) is 17.3 Å². The lowest BCUT2D eigenvalue weighted by molar-refractivity contribution is -0.394. The lowest BCUT2D eigenvalue weighted by Gasteiger charge is -2.21. The molecule has 1 amide bonds. The highest BCUT2D eigenvalue weighted by atomic mass is 32.1. The van der Waals surface area contributed by atoms with Gasteiger partial charge in [0.2, 0.25) is 0 Å². The summed E-state index contributed by atoms with van der Waals surface area (Å²) < 4.78 is 0.926. The van der Waals surface area contributed by atoms with Crippen molar-refractivity contribution >= 4 is 44.0 Å². The number of fused-ring (bicyclic) bond motifs is 1. The van der Waals surface area contributed by atoms with Crippen molar-refractivity contribution in [3.8, 4) is 0 Å². The van der Waals surface area contributed by atoms with E-state index < -0.39 is 27.1 Å². The molecule has 0 spiro atoms. The van der Waals surface area contributed by atoms with E-state index in [2.05, 4.69) is 11.9 Å². The summed E-state index contributed by atoms with van der Waals surface area (Å²) in [5.74, 6) is -0.565. The first-order valence-corrected chi connectivity index (χ1v) is 10.8. The Morgan fingerprint density at radius 2 is 1.69 bits per heavy atom. The first-order valence-electron chi connectivity index (χ1n) is 9.99. The van der Waals surface area contributed by atoms with Gasteiger partial charge >= 0.3 is 0 Å². The standard InChI is InChI=1S/C21H23N5O5S/c1-4-14-6-7-18-19(10-14)32-21(22-18)24(9-5-8-23(2)3)20(27)15-11-16(25(28)29)13-17(12-15)26(30)31/h6-7,10-13H,4-5,8-9H2,1-3H3. The normalized spacial score (nSPS) is 11.1. The highest BCUT2D eigenvalue weighted by Crippen LogP contribution is 2.32. The number of thiazole rings is 1. The second-order valence-corrected chi connectivity index (χ2v) is 8.53. The van der Waals surface area contributed by atoms with Gasteiger partial charge in [-0.15, -0.1) is 0 Å². The second kappa shape index (κ2) is 9.79. The number of amides is 1. The minimum Gasteiger partial charge on any atom is -0.309 e. The van der Waals surface area contributed by atoms with Crippen LogP contribution in [0.3, 0.4) is 0 Å². The molecule has 0 aliphatic rings. The lowest BCUT2D eigenvalue weighted by Crippen LogP contribution is -2.33. The molecular weight excluding hydrogens is 434 g/mol. The third-order valence-corrected chi connectivity index (χ3v) is 5.93. The number of nitro groups is 2. The fourth-order valence-electron chi connectivity index (χ4n) is 3.21. The molecule has 0 unspecified atom stereocenters. The van der Waals surface area contributed by atoms with Crippen molar-refractivity contribution in [2.45, 2.75) is 19.8 Å². The largest absolute Gasteiger partial charge is 0.309 e. The van der Waals surface area contributed by atoms with Crippen molar-refractivity contribution < 1.29 is 14.6 Å². The number of carbonyl (C=O) groups excluding carboxylic acids is 1. The number of hydrogen-bond acceptors (Lipinski definition) is 8. The summed E-state index contributed by atoms with van der Waals surface area (Å²) >= 11 is 1.35. The molecule has 1 aromatic heterocycles. The third kappa shape index (κ3) is 5.24. The van der Waals surface area contributed by atoms with Crippen LogP contribution in [0.4, 0.5) is 16.5 Å². The fraction of sp³-hybridized carbons (Fsp3) is 0.333. The number of carbonyl (C=O) groups is 1. The van der Waals surface area contributed by atoms with Crippen LogP contribution in [0.2, 0.25) is 0 Å². The topological polar surface area (TPSA) is 123 Å². The molecule has 0 bridgehead atoms. The van der Waals surface area contributed by atoms with E-state index in [1.807, 2.05) is 37.2 Å². The second-order valence-electron chi connectivity index (χ2n) is 7.52. The van der Waals surface area contributed by atoms with Crippen LogP contribution in [0.25, 0.3) is 10.2 Å². The molecule has 0 fully saturated rings. The van der Waals surface area contributed by atoms with E-state index in [0.717, 1.165) is 40.4 Å². The van der Waals surface area contributed by atoms with Crippen LogP contribution < -0.4 is 4.90 Å². The van der Waals surface area contributed by atoms with E-state index in [9.17, 15) is 25.0 Å². The molecule has 0 atom stereocenters. The molecule has 1 heterocycles. The number of benzene rings is 2. The van der Waals surface area contributed by atoms with Crippen molar-refractivity contribution in [3.05, 3.63) is 67.8 Å². The molecular formula is C21H23N5O5S. The van der Waals surface area contributed by atoms with E-state index in [1.165, 1.54) is 16.2 Å². The smallest absolute Gasteiger partial charge is 0.277 e. The predicted octanol–water partition coefficient (Wildman–Crippen LogP) is 4.27. The van der Waals surface area contributed by atoms with Crippen molar-refractivity contribution in [3.63, 3.8) is 0 Å². The summed E-state index contributed by atoms with van der Waals surface area (Å²) in [7, 11) is 3.83. The SMILES string of the molecule is CCc1ccc2nc(N(CCCN(C)C)C(=O)c3cc([N+](=O)[O-])cc([N+](=O)[O-])c3)sc2c1. The minimum absolute atomic E-state index is 0.121. The highest BCUT2D eigenvalue weighted by molar-refractivity contribution is 7.22. The van der Waals surface area contributed by atoms with E-state index in [0.29, 0.717) is 24.6 Å². The number of rotatable bonds is 9. The number of nitrogens with zero attached hydrogens (tertiary/aromatic N) is 5. The molecule has 0 aliphatic heterocycles. The van der Waals surface area contributed by atoms with Gasteiger partial charge in [0.05, 0.1) is 31.7 Å². The minimum atomic E-state index is -0.746. The summed E-state index contributed by atoms with van der Waals surface area (Å²) in [6.07, 6.45) is 1.50. The quantitative estimate of drug-likeness (QED) is 0.347. The van der Waals surface area contributed by atoms with E-state index in [4.69, 9.17) is 0 Å². The van der Waals surface area contributed by atoms with Gasteiger partial charge in [-0.3, -0.25) is 29.9 Å². The summed E-state index contributed by atoms with van der Waals surface area (Å²) in [5, 5.41) is 23.0. The third-order valence-electron chi connectivity index (χ3n) is 4.88. The number of hydrogen-bond donors (Lipinski definition) is 0. The van der Waals surface area contributed by atoms with Gasteiger partial charge in [-0.25, -0.2) is 4.98 Å². The molecule has 10 nitrogen and oxygen atoms in total. The van der Waals surface area contributed by atoms with Gasteiger partial charge in [0, 0.05) is 18.7 Å². The molecule has 3 rings (SSSR count). The molecule has 3 aromatic rings. The molecule has 32 heavy (non-hydrogen) atoms. The van der Waals surface area contributed by atoms with Crippen LogP contribution in [-0.2, 0) is 6.42 Å². The molecule has 0 N–H and O–H groups in total. The van der Waals surface area contributed by atoms with Crippen LogP contribution in [0, 0.1) is 20.2 Å². The lowest BCUT2D eigenvalue weighted by atomic mass is 10.1. The van der Waals surface area contributed by atoms with Crippen LogP contribution in [0.5, 0.6) is 0 Å². The van der Waals surface area contributed by atoms with Gasteiger partial charge in [-0.1, -0.05) is 24.3 Å². The maximum absolute atomic E-state index is 13.4. The van der Waals surface area contributed by atoms with Crippen LogP contribution in [-0.4, -0.2) is 52.8 Å². The fourth-order valence-corrected chi connectivity index (χ4v) is 4.26. The van der Waals surface area contributed by atoms with Crippen molar-refractivity contribution in [1.82, 2.24) is 9.88 Å². The van der Waals surface area contributed by atoms with E-state index in [-0.39, 0.29) is 5.56 Å². The molecule has 0 radical (unpaired) electrons. The highest BCUT2D eigenvalue weighted by Gasteiger charge is 2.26. The zero-order valence-electron chi connectivity index (χ0n) is 18.0. The zero-order chi connectivity index (χ0) is 23.4. The van der Waals surface area contributed by atoms with Crippen LogP contribution in [0.15, 0.2) is 36.4 Å². The molecule has 11 heteroatoms. The van der Waals surface area contributed by atoms with Crippen LogP contribution >= 0.6 is 11.3 Å². The molecule has 2 aromatic carbocycles. The van der Waals surface area contributed by atoms with Gasteiger partial charge in [0.1, 0.15) is 0 Å². The summed E-state index contributed by atoms with van der Waals surface area (Å²) in [6, 6.07) is 8.88. The maximum Gasteiger partial charge on any atom is 0.277 e.